The molecule has 0 aliphatic rings. The number of carbonyl (C=O) groups is 1. The van der Waals surface area contributed by atoms with Crippen LogP contribution in [0.1, 0.15) is 26.5 Å². The molecule has 2 N–H and O–H groups in total. The molecule has 0 aliphatic carbocycles. The van der Waals surface area contributed by atoms with Crippen LogP contribution in [0, 0.1) is 0 Å². The van der Waals surface area contributed by atoms with Gasteiger partial charge in [-0.3, -0.25) is 9.48 Å². The van der Waals surface area contributed by atoms with Crippen LogP contribution in [-0.2, 0) is 22.5 Å². The second-order valence-corrected chi connectivity index (χ2v) is 5.55. The molecule has 5 nitrogen and oxygen atoms in total. The smallest absolute Gasteiger partial charge is 0.328 e. The molecule has 0 saturated carbocycles. The highest BCUT2D eigenvalue weighted by Crippen LogP contribution is 2.13. The first-order valence-corrected chi connectivity index (χ1v) is 6.25. The summed E-state index contributed by atoms with van der Waals surface area (Å²) in [5, 5.41) is 4.18. The molecule has 0 unspecified atom stereocenters. The molecule has 0 fully saturated rings. The molecule has 0 radical (unpaired) electrons. The SMILES string of the molecule is CC(C)(C)OC(=O)Cn1nc(Br)cc1CCN. The molecule has 1 aromatic heterocycles. The van der Waals surface area contributed by atoms with Gasteiger partial charge in [0.1, 0.15) is 16.7 Å². The molecule has 96 valence electrons. The zero-order valence-electron chi connectivity index (χ0n) is 10.4. The molecule has 0 spiro atoms. The first-order chi connectivity index (χ1) is 7.81. The average Bonchev–Trinajstić information content (AvgIpc) is 2.43. The zero-order chi connectivity index (χ0) is 13.1. The maximum Gasteiger partial charge on any atom is 0.328 e. The van der Waals surface area contributed by atoms with Gasteiger partial charge in [0, 0.05) is 12.1 Å². The molecule has 1 aromatic rings. The number of halogens is 1. The van der Waals surface area contributed by atoms with Gasteiger partial charge in [0.2, 0.25) is 0 Å². The summed E-state index contributed by atoms with van der Waals surface area (Å²) in [6.45, 7) is 6.14. The second-order valence-electron chi connectivity index (χ2n) is 4.74. The second kappa shape index (κ2) is 5.64. The number of rotatable bonds is 4. The van der Waals surface area contributed by atoms with Crippen LogP contribution in [0.4, 0.5) is 0 Å². The van der Waals surface area contributed by atoms with Crippen LogP contribution in [0.2, 0.25) is 0 Å². The van der Waals surface area contributed by atoms with Crippen LogP contribution >= 0.6 is 15.9 Å². The predicted molar refractivity (Wildman–Crippen MR) is 68.5 cm³/mol. The van der Waals surface area contributed by atoms with Gasteiger partial charge in [-0.15, -0.1) is 0 Å². The number of carbonyl (C=O) groups excluding carboxylic acids is 1. The lowest BCUT2D eigenvalue weighted by Gasteiger charge is -2.19. The predicted octanol–water partition coefficient (Wildman–Crippen LogP) is 1.49. The normalized spacial score (nSPS) is 11.6. The van der Waals surface area contributed by atoms with Crippen LogP contribution in [0.3, 0.4) is 0 Å². The molecule has 0 aliphatic heterocycles. The molecule has 0 bridgehead atoms. The Kier molecular flexibility index (Phi) is 4.70. The molecular weight excluding hydrogens is 286 g/mol. The first-order valence-electron chi connectivity index (χ1n) is 5.46. The van der Waals surface area contributed by atoms with E-state index in [-0.39, 0.29) is 12.5 Å². The molecule has 0 atom stereocenters. The third kappa shape index (κ3) is 4.87. The Morgan fingerprint density at radius 2 is 2.24 bits per heavy atom. The largest absolute Gasteiger partial charge is 0.459 e. The Morgan fingerprint density at radius 1 is 1.59 bits per heavy atom. The Labute approximate surface area is 109 Å². The summed E-state index contributed by atoms with van der Waals surface area (Å²) in [7, 11) is 0. The van der Waals surface area contributed by atoms with Gasteiger partial charge >= 0.3 is 5.97 Å². The van der Waals surface area contributed by atoms with Gasteiger partial charge in [-0.05, 0) is 49.3 Å². The van der Waals surface area contributed by atoms with E-state index in [1.165, 1.54) is 0 Å². The van der Waals surface area contributed by atoms with Gasteiger partial charge in [0.25, 0.3) is 0 Å². The first kappa shape index (κ1) is 14.2. The summed E-state index contributed by atoms with van der Waals surface area (Å²) in [5.41, 5.74) is 5.94. The zero-order valence-corrected chi connectivity index (χ0v) is 12.0. The van der Waals surface area contributed by atoms with Crippen molar-refractivity contribution < 1.29 is 9.53 Å². The lowest BCUT2D eigenvalue weighted by atomic mass is 10.2. The highest BCUT2D eigenvalue weighted by atomic mass is 79.9. The van der Waals surface area contributed by atoms with Crippen molar-refractivity contribution in [2.45, 2.75) is 39.3 Å². The molecule has 0 saturated heterocycles. The minimum absolute atomic E-state index is 0.109. The monoisotopic (exact) mass is 303 g/mol. The molecule has 6 heteroatoms. The number of hydrogen-bond acceptors (Lipinski definition) is 4. The number of aromatic nitrogens is 2. The van der Waals surface area contributed by atoms with Gasteiger partial charge in [-0.2, -0.15) is 5.10 Å². The molecule has 17 heavy (non-hydrogen) atoms. The Bertz CT molecular complexity index is 396. The van der Waals surface area contributed by atoms with E-state index in [2.05, 4.69) is 21.0 Å². The van der Waals surface area contributed by atoms with Crippen molar-refractivity contribution in [2.24, 2.45) is 5.73 Å². The van der Waals surface area contributed by atoms with Crippen molar-refractivity contribution in [1.29, 1.82) is 0 Å². The topological polar surface area (TPSA) is 70.1 Å². The number of ether oxygens (including phenoxy) is 1. The van der Waals surface area contributed by atoms with Gasteiger partial charge < -0.3 is 10.5 Å². The van der Waals surface area contributed by atoms with E-state index < -0.39 is 5.60 Å². The van der Waals surface area contributed by atoms with E-state index >= 15 is 0 Å². The van der Waals surface area contributed by atoms with Crippen LogP contribution < -0.4 is 5.73 Å². The highest BCUT2D eigenvalue weighted by Gasteiger charge is 2.18. The average molecular weight is 304 g/mol. The minimum atomic E-state index is -0.477. The van der Waals surface area contributed by atoms with Crippen molar-refractivity contribution in [3.63, 3.8) is 0 Å². The maximum atomic E-state index is 11.7. The van der Waals surface area contributed by atoms with Gasteiger partial charge in [0.05, 0.1) is 0 Å². The van der Waals surface area contributed by atoms with Crippen molar-refractivity contribution >= 4 is 21.9 Å². The number of nitrogens with two attached hydrogens (primary N) is 1. The molecular formula is C11H18BrN3O2. The third-order valence-electron chi connectivity index (χ3n) is 1.93. The lowest BCUT2D eigenvalue weighted by Crippen LogP contribution is -2.27. The maximum absolute atomic E-state index is 11.7. The van der Waals surface area contributed by atoms with Gasteiger partial charge in [-0.1, -0.05) is 0 Å². The van der Waals surface area contributed by atoms with Gasteiger partial charge in [-0.25, -0.2) is 0 Å². The van der Waals surface area contributed by atoms with E-state index in [9.17, 15) is 4.79 Å². The van der Waals surface area contributed by atoms with Crippen molar-refractivity contribution in [1.82, 2.24) is 9.78 Å². The van der Waals surface area contributed by atoms with E-state index in [0.29, 0.717) is 17.6 Å². The lowest BCUT2D eigenvalue weighted by molar-refractivity contribution is -0.155. The quantitative estimate of drug-likeness (QED) is 0.856. The fraction of sp³-hybridized carbons (Fsp3) is 0.636. The van der Waals surface area contributed by atoms with E-state index in [4.69, 9.17) is 10.5 Å². The van der Waals surface area contributed by atoms with Crippen LogP contribution in [0.5, 0.6) is 0 Å². The van der Waals surface area contributed by atoms with Crippen LogP contribution in [0.25, 0.3) is 0 Å². The number of esters is 1. The summed E-state index contributed by atoms with van der Waals surface area (Å²) < 4.78 is 7.55. The minimum Gasteiger partial charge on any atom is -0.459 e. The van der Waals surface area contributed by atoms with E-state index in [0.717, 1.165) is 5.69 Å². The molecule has 0 amide bonds. The Hall–Kier alpha value is -0.880. The summed E-state index contributed by atoms with van der Waals surface area (Å²) >= 11 is 3.28. The standard InChI is InChI=1S/C11H18BrN3O2/c1-11(2,3)17-10(16)7-15-8(4-5-13)6-9(12)14-15/h6H,4-5,7,13H2,1-3H3. The van der Waals surface area contributed by atoms with E-state index in [1.807, 2.05) is 26.8 Å². The Balaban J connectivity index is 2.70. The molecule has 0 aromatic carbocycles. The molecule has 1 heterocycles. The van der Waals surface area contributed by atoms with Crippen LogP contribution in [-0.4, -0.2) is 27.9 Å². The summed E-state index contributed by atoms with van der Waals surface area (Å²) in [6, 6.07) is 1.86. The summed E-state index contributed by atoms with van der Waals surface area (Å²) in [4.78, 5) is 11.7. The Morgan fingerprint density at radius 3 is 2.76 bits per heavy atom. The van der Waals surface area contributed by atoms with Gasteiger partial charge in [0.15, 0.2) is 0 Å². The third-order valence-corrected chi connectivity index (χ3v) is 2.32. The van der Waals surface area contributed by atoms with E-state index in [1.54, 1.807) is 4.68 Å². The van der Waals surface area contributed by atoms with Crippen molar-refractivity contribution in [2.75, 3.05) is 6.54 Å². The van der Waals surface area contributed by atoms with Crippen molar-refractivity contribution in [3.8, 4) is 0 Å². The number of nitrogens with zero attached hydrogens (tertiary/aromatic N) is 2. The summed E-state index contributed by atoms with van der Waals surface area (Å²) in [5.74, 6) is -0.300. The molecule has 1 rings (SSSR count). The summed E-state index contributed by atoms with van der Waals surface area (Å²) in [6.07, 6.45) is 0.682. The van der Waals surface area contributed by atoms with Crippen LogP contribution in [0.15, 0.2) is 10.7 Å². The highest BCUT2D eigenvalue weighted by molar-refractivity contribution is 9.10. The fourth-order valence-electron chi connectivity index (χ4n) is 1.40. The number of hydrogen-bond donors (Lipinski definition) is 1. The fourth-order valence-corrected chi connectivity index (χ4v) is 1.86. The van der Waals surface area contributed by atoms with Crippen molar-refractivity contribution in [3.05, 3.63) is 16.4 Å².